The van der Waals surface area contributed by atoms with Crippen LogP contribution in [0.5, 0.6) is 5.75 Å². The second-order valence-corrected chi connectivity index (χ2v) is 13.8. The number of benzene rings is 1. The number of carbonyl (C=O) groups is 1. The van der Waals surface area contributed by atoms with Gasteiger partial charge in [0.05, 0.1) is 18.0 Å². The minimum atomic E-state index is -3.87. The number of piperidine rings is 1. The Hall–Kier alpha value is -1.95. The van der Waals surface area contributed by atoms with Gasteiger partial charge in [-0.15, -0.1) is 0 Å². The van der Waals surface area contributed by atoms with Crippen molar-refractivity contribution < 1.29 is 32.3 Å². The molecule has 4 aliphatic rings. The average Bonchev–Trinajstić information content (AvgIpc) is 3.77. The zero-order valence-electron chi connectivity index (χ0n) is 22.4. The fraction of sp³-hybridized carbons (Fsp3) is 0.741. The molecule has 1 spiro atoms. The topological polar surface area (TPSA) is 108 Å². The first-order chi connectivity index (χ1) is 18.2. The Kier molecular flexibility index (Phi) is 7.43. The van der Waals surface area contributed by atoms with Crippen LogP contribution in [0.25, 0.3) is 0 Å². The molecule has 3 unspecified atom stereocenters. The molecule has 2 aliphatic carbocycles. The number of nitrogens with zero attached hydrogens (tertiary/aromatic N) is 2. The molecule has 2 aliphatic heterocycles. The molecule has 2 saturated carbocycles. The Bertz CT molecular complexity index is 1160. The molecule has 2 saturated heterocycles. The maximum atomic E-state index is 14.6. The molecule has 2 N–H and O–H groups in total. The molecule has 1 aromatic carbocycles. The molecule has 5 rings (SSSR count). The van der Waals surface area contributed by atoms with E-state index in [1.165, 1.54) is 6.07 Å². The Morgan fingerprint density at radius 2 is 1.92 bits per heavy atom. The molecule has 11 heteroatoms. The number of hydrogen-bond acceptors (Lipinski definition) is 8. The van der Waals surface area contributed by atoms with E-state index in [9.17, 15) is 22.8 Å². The molecule has 3 atom stereocenters. The van der Waals surface area contributed by atoms with E-state index in [1.54, 1.807) is 11.5 Å². The molecule has 0 radical (unpaired) electrons. The summed E-state index contributed by atoms with van der Waals surface area (Å²) in [6.07, 6.45) is 3.05. The quantitative estimate of drug-likeness (QED) is 0.245. The van der Waals surface area contributed by atoms with Crippen molar-refractivity contribution >= 4 is 21.4 Å². The monoisotopic (exact) mass is 553 g/mol. The number of fused-ring (bicyclic) bond motifs is 1. The number of ether oxygens (including phenoxy) is 2. The summed E-state index contributed by atoms with van der Waals surface area (Å²) in [4.78, 5) is 17.2. The maximum absolute atomic E-state index is 14.6. The lowest BCUT2D eigenvalue weighted by Crippen LogP contribution is -2.60. The van der Waals surface area contributed by atoms with Gasteiger partial charge in [-0.3, -0.25) is 10.0 Å². The molecule has 2 heterocycles. The van der Waals surface area contributed by atoms with E-state index in [0.29, 0.717) is 71.8 Å². The van der Waals surface area contributed by atoms with Crippen molar-refractivity contribution in [2.24, 2.45) is 11.3 Å². The summed E-state index contributed by atoms with van der Waals surface area (Å²) in [5.41, 5.74) is 2.14. The lowest BCUT2D eigenvalue weighted by molar-refractivity contribution is -0.133. The molecule has 9 nitrogen and oxygen atoms in total. The van der Waals surface area contributed by atoms with Crippen LogP contribution in [-0.2, 0) is 19.4 Å². The zero-order chi connectivity index (χ0) is 27.2. The summed E-state index contributed by atoms with van der Waals surface area (Å²) >= 11 is 0. The second-order valence-electron chi connectivity index (χ2n) is 11.2. The van der Waals surface area contributed by atoms with Crippen molar-refractivity contribution in [1.82, 2.24) is 10.4 Å². The van der Waals surface area contributed by atoms with Crippen LogP contribution in [-0.4, -0.2) is 86.5 Å². The summed E-state index contributed by atoms with van der Waals surface area (Å²) < 4.78 is 51.6. The maximum Gasteiger partial charge on any atom is 0.264 e. The SMILES string of the molecule is CCCOc1ccc(N2CCC3C4(CC2)CC34S(=O)(=O)C2(C(=O)NO)CCN(CCOCC)CC2)cc1F. The Labute approximate surface area is 224 Å². The van der Waals surface area contributed by atoms with E-state index in [-0.39, 0.29) is 29.9 Å². The number of amides is 1. The van der Waals surface area contributed by atoms with Crippen LogP contribution in [0.2, 0.25) is 0 Å². The van der Waals surface area contributed by atoms with Gasteiger partial charge in [0.15, 0.2) is 26.2 Å². The van der Waals surface area contributed by atoms with Crippen LogP contribution in [0.3, 0.4) is 0 Å². The molecule has 4 fully saturated rings. The Morgan fingerprint density at radius 3 is 2.58 bits per heavy atom. The first-order valence-electron chi connectivity index (χ1n) is 13.9. The van der Waals surface area contributed by atoms with E-state index in [0.717, 1.165) is 12.1 Å². The van der Waals surface area contributed by atoms with Crippen molar-refractivity contribution in [3.63, 3.8) is 0 Å². The standard InChI is InChI=1S/C27H40FN3O6S/c1-3-16-37-22-6-5-20(18-21(22)28)31-11-7-23-25(8-14-31)19-27(23,25)38(34,35)26(24(32)29-33)9-12-30(13-10-26)15-17-36-4-2/h5-6,18,23,33H,3-4,7-17,19H2,1-2H3,(H,29,32). The predicted molar refractivity (Wildman–Crippen MR) is 141 cm³/mol. The number of likely N-dealkylation sites (tertiary alicyclic amines) is 1. The van der Waals surface area contributed by atoms with Gasteiger partial charge < -0.3 is 19.3 Å². The fourth-order valence-corrected chi connectivity index (χ4v) is 10.9. The number of rotatable bonds is 11. The van der Waals surface area contributed by atoms with Gasteiger partial charge in [-0.2, -0.15) is 0 Å². The summed E-state index contributed by atoms with van der Waals surface area (Å²) in [6.45, 7) is 8.41. The molecule has 1 aromatic rings. The van der Waals surface area contributed by atoms with Crippen molar-refractivity contribution in [2.45, 2.75) is 61.9 Å². The minimum Gasteiger partial charge on any atom is -0.491 e. The molecular formula is C27H40FN3O6S. The highest BCUT2D eigenvalue weighted by Crippen LogP contribution is 2.90. The lowest BCUT2D eigenvalue weighted by atomic mass is 9.95. The summed E-state index contributed by atoms with van der Waals surface area (Å²) in [6, 6.07) is 5.02. The third-order valence-corrected chi connectivity index (χ3v) is 13.0. The third kappa shape index (κ3) is 4.03. The van der Waals surface area contributed by atoms with Gasteiger partial charge in [0, 0.05) is 51.1 Å². The molecular weight excluding hydrogens is 513 g/mol. The number of sulfone groups is 1. The highest BCUT2D eigenvalue weighted by molar-refractivity contribution is 7.95. The largest absolute Gasteiger partial charge is 0.491 e. The lowest BCUT2D eigenvalue weighted by Gasteiger charge is -2.40. The third-order valence-electron chi connectivity index (χ3n) is 9.63. The van der Waals surface area contributed by atoms with Crippen molar-refractivity contribution in [2.75, 3.05) is 57.4 Å². The number of hydroxylamine groups is 1. The number of hydrogen-bond donors (Lipinski definition) is 2. The van der Waals surface area contributed by atoms with E-state index in [2.05, 4.69) is 9.80 Å². The molecule has 212 valence electrons. The molecule has 1 amide bonds. The smallest absolute Gasteiger partial charge is 0.264 e. The minimum absolute atomic E-state index is 0.0126. The number of halogens is 1. The van der Waals surface area contributed by atoms with E-state index in [4.69, 9.17) is 9.47 Å². The summed E-state index contributed by atoms with van der Waals surface area (Å²) in [5.74, 6) is -0.962. The van der Waals surface area contributed by atoms with Crippen molar-refractivity contribution in [3.8, 4) is 5.75 Å². The van der Waals surface area contributed by atoms with Crippen molar-refractivity contribution in [3.05, 3.63) is 24.0 Å². The average molecular weight is 554 g/mol. The number of nitrogens with one attached hydrogen (secondary N) is 1. The van der Waals surface area contributed by atoms with Gasteiger partial charge in [-0.25, -0.2) is 18.3 Å². The second kappa shape index (κ2) is 10.2. The van der Waals surface area contributed by atoms with E-state index >= 15 is 0 Å². The van der Waals surface area contributed by atoms with Crippen molar-refractivity contribution in [1.29, 1.82) is 0 Å². The number of anilines is 1. The Morgan fingerprint density at radius 1 is 1.16 bits per heavy atom. The highest BCUT2D eigenvalue weighted by atomic mass is 32.2. The highest BCUT2D eigenvalue weighted by Gasteiger charge is 2.97. The summed E-state index contributed by atoms with van der Waals surface area (Å²) in [7, 11) is -3.87. The Balaban J connectivity index is 1.29. The molecule has 0 aromatic heterocycles. The fourth-order valence-electron chi connectivity index (χ4n) is 7.35. The van der Waals surface area contributed by atoms with Gasteiger partial charge in [0.25, 0.3) is 5.91 Å². The summed E-state index contributed by atoms with van der Waals surface area (Å²) in [5, 5.41) is 9.56. The van der Waals surface area contributed by atoms with E-state index in [1.807, 2.05) is 19.9 Å². The van der Waals surface area contributed by atoms with Gasteiger partial charge in [0.2, 0.25) is 0 Å². The van der Waals surface area contributed by atoms with Crippen LogP contribution in [0.15, 0.2) is 18.2 Å². The first-order valence-corrected chi connectivity index (χ1v) is 15.4. The first kappa shape index (κ1) is 27.6. The van der Waals surface area contributed by atoms with Gasteiger partial charge in [-0.05, 0) is 68.9 Å². The van der Waals surface area contributed by atoms with Crippen LogP contribution in [0.4, 0.5) is 10.1 Å². The van der Waals surface area contributed by atoms with E-state index < -0.39 is 31.1 Å². The molecule has 0 bridgehead atoms. The van der Waals surface area contributed by atoms with Gasteiger partial charge in [0.1, 0.15) is 0 Å². The zero-order valence-corrected chi connectivity index (χ0v) is 23.2. The van der Waals surface area contributed by atoms with Gasteiger partial charge >= 0.3 is 0 Å². The van der Waals surface area contributed by atoms with Crippen LogP contribution >= 0.6 is 0 Å². The van der Waals surface area contributed by atoms with Crippen LogP contribution < -0.4 is 15.1 Å². The van der Waals surface area contributed by atoms with Crippen LogP contribution in [0, 0.1) is 17.2 Å². The molecule has 38 heavy (non-hydrogen) atoms. The van der Waals surface area contributed by atoms with Gasteiger partial charge in [-0.1, -0.05) is 6.92 Å². The van der Waals surface area contributed by atoms with Crippen LogP contribution in [0.1, 0.15) is 52.4 Å². The predicted octanol–water partition coefficient (Wildman–Crippen LogP) is 2.76. The number of carbonyl (C=O) groups excluding carboxylic acids is 1. The normalized spacial score (nSPS) is 30.1.